The van der Waals surface area contributed by atoms with Crippen molar-refractivity contribution in [3.63, 3.8) is 0 Å². The Balaban J connectivity index is 2.62. The summed E-state index contributed by atoms with van der Waals surface area (Å²) >= 11 is 5.89. The lowest BCUT2D eigenvalue weighted by Gasteiger charge is -2.24. The van der Waals surface area contributed by atoms with Crippen LogP contribution in [-0.4, -0.2) is 27.9 Å². The minimum atomic E-state index is -1.28. The van der Waals surface area contributed by atoms with Crippen LogP contribution >= 0.6 is 11.6 Å². The van der Waals surface area contributed by atoms with Crippen LogP contribution in [0.1, 0.15) is 18.4 Å². The summed E-state index contributed by atoms with van der Waals surface area (Å²) in [6, 6.07) is 6.41. The summed E-state index contributed by atoms with van der Waals surface area (Å²) in [5, 5.41) is 22.7. The van der Waals surface area contributed by atoms with E-state index in [0.29, 0.717) is 16.3 Å². The molecule has 3 N–H and O–H groups in total. The fourth-order valence-corrected chi connectivity index (χ4v) is 2.29. The van der Waals surface area contributed by atoms with Crippen molar-refractivity contribution in [2.24, 2.45) is 5.10 Å². The summed E-state index contributed by atoms with van der Waals surface area (Å²) in [5.41, 5.74) is 2.86. The summed E-state index contributed by atoms with van der Waals surface area (Å²) in [4.78, 5) is 22.7. The Morgan fingerprint density at radius 1 is 1.30 bits per heavy atom. The number of hydrogen-bond acceptors (Lipinski definition) is 4. The molecule has 7 heteroatoms. The molecule has 1 aromatic carbocycles. The Labute approximate surface area is 119 Å². The van der Waals surface area contributed by atoms with Gasteiger partial charge in [0, 0.05) is 10.7 Å². The van der Waals surface area contributed by atoms with E-state index in [9.17, 15) is 19.8 Å². The summed E-state index contributed by atoms with van der Waals surface area (Å²) in [7, 11) is 0. The molecular weight excluding hydrogens is 284 g/mol. The first-order valence-corrected chi connectivity index (χ1v) is 6.06. The van der Waals surface area contributed by atoms with Gasteiger partial charge < -0.3 is 10.2 Å². The average Bonchev–Trinajstić information content (AvgIpc) is 2.37. The molecule has 6 nitrogen and oxygen atoms in total. The Morgan fingerprint density at radius 2 is 2.00 bits per heavy atom. The second kappa shape index (κ2) is 5.34. The van der Waals surface area contributed by atoms with E-state index in [4.69, 9.17) is 11.6 Å². The maximum atomic E-state index is 11.4. The topological polar surface area (TPSA) is 99.0 Å². The monoisotopic (exact) mass is 294 g/mol. The lowest BCUT2D eigenvalue weighted by atomic mass is 9.85. The lowest BCUT2D eigenvalue weighted by Crippen LogP contribution is -2.34. The highest BCUT2D eigenvalue weighted by Gasteiger charge is 2.36. The van der Waals surface area contributed by atoms with Crippen LogP contribution < -0.4 is 5.43 Å². The number of allylic oxidation sites excluding steroid dienone is 1. The third-order valence-corrected chi connectivity index (χ3v) is 3.18. The second-order valence-electron chi connectivity index (χ2n) is 4.25. The van der Waals surface area contributed by atoms with E-state index < -0.39 is 17.9 Å². The van der Waals surface area contributed by atoms with Gasteiger partial charge in [-0.1, -0.05) is 23.7 Å². The minimum absolute atomic E-state index is 0.0559. The third-order valence-electron chi connectivity index (χ3n) is 2.94. The molecule has 0 bridgehead atoms. The number of benzene rings is 1. The molecule has 1 aliphatic rings. The molecular formula is C13H11ClN2O4. The highest BCUT2D eigenvalue weighted by atomic mass is 35.5. The molecule has 1 unspecified atom stereocenters. The van der Waals surface area contributed by atoms with Crippen molar-refractivity contribution in [2.75, 3.05) is 0 Å². The predicted octanol–water partition coefficient (Wildman–Crippen LogP) is 1.83. The van der Waals surface area contributed by atoms with Crippen LogP contribution in [0.5, 0.6) is 0 Å². The molecule has 0 saturated carbocycles. The fraction of sp³-hybridized carbons (Fsp3) is 0.154. The van der Waals surface area contributed by atoms with Crippen LogP contribution in [0.4, 0.5) is 0 Å². The number of carboxylic acids is 2. The minimum Gasteiger partial charge on any atom is -0.478 e. The number of halogens is 1. The van der Waals surface area contributed by atoms with Gasteiger partial charge in [-0.3, -0.25) is 5.43 Å². The molecule has 1 heterocycles. The van der Waals surface area contributed by atoms with E-state index in [1.807, 2.05) is 0 Å². The molecule has 2 rings (SSSR count). The van der Waals surface area contributed by atoms with Gasteiger partial charge in [-0.2, -0.15) is 5.10 Å². The van der Waals surface area contributed by atoms with Crippen LogP contribution in [0.15, 0.2) is 40.6 Å². The van der Waals surface area contributed by atoms with Crippen molar-refractivity contribution in [1.82, 2.24) is 5.43 Å². The zero-order valence-electron chi connectivity index (χ0n) is 10.4. The largest absolute Gasteiger partial charge is 0.478 e. The van der Waals surface area contributed by atoms with E-state index in [1.54, 1.807) is 18.2 Å². The molecule has 1 aromatic rings. The van der Waals surface area contributed by atoms with E-state index in [2.05, 4.69) is 10.5 Å². The maximum absolute atomic E-state index is 11.4. The summed E-state index contributed by atoms with van der Waals surface area (Å²) < 4.78 is 0. The zero-order valence-corrected chi connectivity index (χ0v) is 11.2. The second-order valence-corrected chi connectivity index (χ2v) is 4.68. The first-order valence-electron chi connectivity index (χ1n) is 5.68. The van der Waals surface area contributed by atoms with Crippen molar-refractivity contribution in [2.45, 2.75) is 12.8 Å². The zero-order chi connectivity index (χ0) is 14.9. The maximum Gasteiger partial charge on any atom is 0.353 e. The SMILES string of the molecule is CC1=C(C(=O)O)C(c2cccc(Cl)c2)C(C(=O)O)=NN1. The molecule has 0 spiro atoms. The first kappa shape index (κ1) is 14.1. The van der Waals surface area contributed by atoms with E-state index in [1.165, 1.54) is 13.0 Å². The van der Waals surface area contributed by atoms with Gasteiger partial charge in [0.1, 0.15) is 0 Å². The number of nitrogens with one attached hydrogen (secondary N) is 1. The van der Waals surface area contributed by atoms with Crippen LogP contribution in [-0.2, 0) is 9.59 Å². The number of aliphatic carboxylic acids is 2. The number of hydrogen-bond donors (Lipinski definition) is 3. The molecule has 1 atom stereocenters. The van der Waals surface area contributed by atoms with Crippen molar-refractivity contribution in [3.8, 4) is 0 Å². The van der Waals surface area contributed by atoms with Gasteiger partial charge in [0.2, 0.25) is 0 Å². The van der Waals surface area contributed by atoms with Gasteiger partial charge in [-0.25, -0.2) is 9.59 Å². The lowest BCUT2D eigenvalue weighted by molar-refractivity contribution is -0.132. The van der Waals surface area contributed by atoms with Gasteiger partial charge in [0.15, 0.2) is 5.71 Å². The smallest absolute Gasteiger partial charge is 0.353 e. The Bertz CT molecular complexity index is 652. The quantitative estimate of drug-likeness (QED) is 0.790. The van der Waals surface area contributed by atoms with E-state index in [-0.39, 0.29) is 11.3 Å². The number of nitrogens with zero attached hydrogens (tertiary/aromatic N) is 1. The molecule has 0 aliphatic carbocycles. The van der Waals surface area contributed by atoms with Crippen molar-refractivity contribution in [3.05, 3.63) is 46.1 Å². The molecule has 0 fully saturated rings. The third kappa shape index (κ3) is 2.50. The van der Waals surface area contributed by atoms with Gasteiger partial charge in [-0.15, -0.1) is 0 Å². The Hall–Kier alpha value is -2.34. The molecule has 1 aliphatic heterocycles. The van der Waals surface area contributed by atoms with Gasteiger partial charge >= 0.3 is 11.9 Å². The average molecular weight is 295 g/mol. The van der Waals surface area contributed by atoms with Crippen molar-refractivity contribution >= 4 is 29.3 Å². The molecule has 0 saturated heterocycles. The number of carboxylic acid groups (broad SMARTS) is 2. The summed E-state index contributed by atoms with van der Waals surface area (Å²) in [6.07, 6.45) is 0. The van der Waals surface area contributed by atoms with Crippen LogP contribution in [0.2, 0.25) is 5.02 Å². The Kier molecular flexibility index (Phi) is 3.76. The van der Waals surface area contributed by atoms with Crippen molar-refractivity contribution < 1.29 is 19.8 Å². The molecule has 0 aromatic heterocycles. The van der Waals surface area contributed by atoms with E-state index in [0.717, 1.165) is 0 Å². The van der Waals surface area contributed by atoms with Gasteiger partial charge in [-0.05, 0) is 24.6 Å². The fourth-order valence-electron chi connectivity index (χ4n) is 2.09. The van der Waals surface area contributed by atoms with Crippen LogP contribution in [0.25, 0.3) is 0 Å². The van der Waals surface area contributed by atoms with Crippen molar-refractivity contribution in [1.29, 1.82) is 0 Å². The number of hydrazone groups is 1. The van der Waals surface area contributed by atoms with E-state index >= 15 is 0 Å². The summed E-state index contributed by atoms with van der Waals surface area (Å²) in [5.74, 6) is -3.45. The number of carbonyl (C=O) groups is 2. The standard InChI is InChI=1S/C13H11ClN2O4/c1-6-9(12(17)18)10(11(13(19)20)16-15-6)7-3-2-4-8(14)5-7/h2-5,10,15H,1H3,(H,17,18)(H,19,20). The first-order chi connectivity index (χ1) is 9.41. The summed E-state index contributed by atoms with van der Waals surface area (Å²) in [6.45, 7) is 1.53. The normalized spacial score (nSPS) is 18.3. The number of rotatable bonds is 3. The van der Waals surface area contributed by atoms with Gasteiger partial charge in [0.05, 0.1) is 11.5 Å². The molecule has 0 radical (unpaired) electrons. The predicted molar refractivity (Wildman–Crippen MR) is 72.7 cm³/mol. The molecule has 104 valence electrons. The Morgan fingerprint density at radius 3 is 2.55 bits per heavy atom. The molecule has 20 heavy (non-hydrogen) atoms. The highest BCUT2D eigenvalue weighted by Crippen LogP contribution is 2.32. The molecule has 0 amide bonds. The van der Waals surface area contributed by atoms with Crippen LogP contribution in [0, 0.1) is 0 Å². The highest BCUT2D eigenvalue weighted by molar-refractivity contribution is 6.40. The van der Waals surface area contributed by atoms with Crippen LogP contribution in [0.3, 0.4) is 0 Å². The van der Waals surface area contributed by atoms with Gasteiger partial charge in [0.25, 0.3) is 0 Å².